The van der Waals surface area contributed by atoms with Gasteiger partial charge in [-0.25, -0.2) is 0 Å². The number of thiophene rings is 1. The average molecular weight is 217 g/mol. The molecule has 0 fully saturated rings. The Morgan fingerprint density at radius 3 is 2.67 bits per heavy atom. The van der Waals surface area contributed by atoms with E-state index in [4.69, 9.17) is 11.0 Å². The Hall–Kier alpha value is -1.73. The Morgan fingerprint density at radius 2 is 2.20 bits per heavy atom. The third kappa shape index (κ3) is 1.32. The summed E-state index contributed by atoms with van der Waals surface area (Å²) in [6.07, 6.45) is 0. The number of anilines is 1. The molecule has 0 bridgehead atoms. The summed E-state index contributed by atoms with van der Waals surface area (Å²) in [6, 6.07) is 4.14. The monoisotopic (exact) mass is 217 g/mol. The summed E-state index contributed by atoms with van der Waals surface area (Å²) in [5.41, 5.74) is 9.55. The van der Waals surface area contributed by atoms with Gasteiger partial charge in [-0.15, -0.1) is 0 Å². The first-order chi connectivity index (χ1) is 7.16. The molecule has 0 amide bonds. The van der Waals surface area contributed by atoms with Gasteiger partial charge >= 0.3 is 0 Å². The zero-order chi connectivity index (χ0) is 11.0. The van der Waals surface area contributed by atoms with Crippen LogP contribution in [0.4, 0.5) is 5.82 Å². The van der Waals surface area contributed by atoms with Gasteiger partial charge in [0.05, 0.1) is 11.3 Å². The molecule has 0 aliphatic heterocycles. The number of nitriles is 1. The van der Waals surface area contributed by atoms with Crippen molar-refractivity contribution in [3.8, 4) is 11.8 Å². The van der Waals surface area contributed by atoms with Gasteiger partial charge in [-0.3, -0.25) is 4.57 Å². The zero-order valence-corrected chi connectivity index (χ0v) is 9.43. The molecule has 15 heavy (non-hydrogen) atoms. The van der Waals surface area contributed by atoms with E-state index in [1.807, 2.05) is 35.2 Å². The SMILES string of the molecule is Cc1c(C#N)c(N)n(-c2ccsc2)c1C. The van der Waals surface area contributed by atoms with Crippen LogP contribution >= 0.6 is 11.3 Å². The van der Waals surface area contributed by atoms with Crippen LogP contribution in [0.2, 0.25) is 0 Å². The molecule has 0 atom stereocenters. The maximum atomic E-state index is 8.99. The molecular formula is C11H11N3S. The molecule has 2 N–H and O–H groups in total. The van der Waals surface area contributed by atoms with E-state index < -0.39 is 0 Å². The van der Waals surface area contributed by atoms with E-state index in [0.717, 1.165) is 16.9 Å². The average Bonchev–Trinajstić information content (AvgIpc) is 2.77. The minimum atomic E-state index is 0.533. The van der Waals surface area contributed by atoms with Gasteiger partial charge in [-0.2, -0.15) is 16.6 Å². The fourth-order valence-electron chi connectivity index (χ4n) is 1.69. The Balaban J connectivity index is 2.74. The molecule has 0 spiro atoms. The van der Waals surface area contributed by atoms with Crippen LogP contribution in [-0.4, -0.2) is 4.57 Å². The lowest BCUT2D eigenvalue weighted by atomic mass is 10.2. The largest absolute Gasteiger partial charge is 0.384 e. The highest BCUT2D eigenvalue weighted by molar-refractivity contribution is 7.08. The smallest absolute Gasteiger partial charge is 0.126 e. The molecule has 4 heteroatoms. The van der Waals surface area contributed by atoms with Crippen molar-refractivity contribution in [3.63, 3.8) is 0 Å². The van der Waals surface area contributed by atoms with Gasteiger partial charge in [0.2, 0.25) is 0 Å². The van der Waals surface area contributed by atoms with E-state index in [1.54, 1.807) is 11.3 Å². The van der Waals surface area contributed by atoms with Gasteiger partial charge in [0.1, 0.15) is 11.9 Å². The van der Waals surface area contributed by atoms with Gasteiger partial charge in [0.25, 0.3) is 0 Å². The molecule has 2 aromatic rings. The van der Waals surface area contributed by atoms with E-state index in [9.17, 15) is 0 Å². The van der Waals surface area contributed by atoms with Crippen LogP contribution in [0, 0.1) is 25.2 Å². The number of nitrogen functional groups attached to an aromatic ring is 1. The van der Waals surface area contributed by atoms with Crippen molar-refractivity contribution < 1.29 is 0 Å². The number of hydrogen-bond acceptors (Lipinski definition) is 3. The summed E-state index contributed by atoms with van der Waals surface area (Å²) in [5, 5.41) is 13.0. The normalized spacial score (nSPS) is 10.2. The van der Waals surface area contributed by atoms with Crippen LogP contribution in [0.1, 0.15) is 16.8 Å². The molecule has 0 unspecified atom stereocenters. The quantitative estimate of drug-likeness (QED) is 0.798. The molecule has 2 heterocycles. The van der Waals surface area contributed by atoms with Crippen LogP contribution in [0.15, 0.2) is 16.8 Å². The Labute approximate surface area is 92.4 Å². The van der Waals surface area contributed by atoms with Gasteiger partial charge < -0.3 is 5.73 Å². The molecule has 0 aliphatic carbocycles. The lowest BCUT2D eigenvalue weighted by Gasteiger charge is -2.05. The highest BCUT2D eigenvalue weighted by atomic mass is 32.1. The zero-order valence-electron chi connectivity index (χ0n) is 8.61. The topological polar surface area (TPSA) is 54.7 Å². The summed E-state index contributed by atoms with van der Waals surface area (Å²) >= 11 is 1.62. The highest BCUT2D eigenvalue weighted by Gasteiger charge is 2.15. The first-order valence-electron chi connectivity index (χ1n) is 4.57. The summed E-state index contributed by atoms with van der Waals surface area (Å²) < 4.78 is 1.92. The van der Waals surface area contributed by atoms with E-state index in [2.05, 4.69) is 6.07 Å². The third-order valence-electron chi connectivity index (χ3n) is 2.63. The molecule has 3 nitrogen and oxygen atoms in total. The molecule has 2 aromatic heterocycles. The van der Waals surface area contributed by atoms with Crippen LogP contribution < -0.4 is 5.73 Å². The van der Waals surface area contributed by atoms with Crippen molar-refractivity contribution in [1.29, 1.82) is 5.26 Å². The molecule has 0 aliphatic rings. The number of rotatable bonds is 1. The Kier molecular flexibility index (Phi) is 2.25. The molecule has 76 valence electrons. The number of aromatic nitrogens is 1. The standard InChI is InChI=1S/C11H11N3S/c1-7-8(2)14(9-3-4-15-6-9)11(13)10(7)5-12/h3-4,6H,13H2,1-2H3. The second kappa shape index (κ2) is 3.44. The van der Waals surface area contributed by atoms with Gasteiger partial charge in [0, 0.05) is 11.1 Å². The van der Waals surface area contributed by atoms with E-state index in [0.29, 0.717) is 11.4 Å². The van der Waals surface area contributed by atoms with E-state index in [-0.39, 0.29) is 0 Å². The van der Waals surface area contributed by atoms with E-state index >= 15 is 0 Å². The molecule has 0 aromatic carbocycles. The van der Waals surface area contributed by atoms with Crippen molar-refractivity contribution >= 4 is 17.2 Å². The summed E-state index contributed by atoms with van der Waals surface area (Å²) in [5.74, 6) is 0.533. The predicted octanol–water partition coefficient (Wildman–Crippen LogP) is 2.61. The van der Waals surface area contributed by atoms with Gasteiger partial charge in [-0.1, -0.05) is 0 Å². The predicted molar refractivity (Wildman–Crippen MR) is 62.2 cm³/mol. The molecule has 0 radical (unpaired) electrons. The first-order valence-corrected chi connectivity index (χ1v) is 5.51. The number of hydrogen-bond donors (Lipinski definition) is 1. The third-order valence-corrected chi connectivity index (χ3v) is 3.30. The fourth-order valence-corrected chi connectivity index (χ4v) is 2.31. The number of nitrogens with zero attached hydrogens (tertiary/aromatic N) is 2. The second-order valence-corrected chi connectivity index (χ2v) is 4.18. The van der Waals surface area contributed by atoms with Crippen LogP contribution in [0.5, 0.6) is 0 Å². The lowest BCUT2D eigenvalue weighted by Crippen LogP contribution is -2.00. The summed E-state index contributed by atoms with van der Waals surface area (Å²) in [6.45, 7) is 3.90. The Bertz CT molecular complexity index is 529. The summed E-state index contributed by atoms with van der Waals surface area (Å²) in [4.78, 5) is 0. The van der Waals surface area contributed by atoms with Gasteiger partial charge in [0.15, 0.2) is 0 Å². The van der Waals surface area contributed by atoms with Crippen molar-refractivity contribution in [2.75, 3.05) is 5.73 Å². The van der Waals surface area contributed by atoms with Crippen molar-refractivity contribution in [2.24, 2.45) is 0 Å². The molecular weight excluding hydrogens is 206 g/mol. The highest BCUT2D eigenvalue weighted by Crippen LogP contribution is 2.28. The van der Waals surface area contributed by atoms with Crippen LogP contribution in [-0.2, 0) is 0 Å². The van der Waals surface area contributed by atoms with Crippen LogP contribution in [0.25, 0.3) is 5.69 Å². The van der Waals surface area contributed by atoms with E-state index in [1.165, 1.54) is 0 Å². The van der Waals surface area contributed by atoms with Crippen molar-refractivity contribution in [3.05, 3.63) is 33.6 Å². The maximum absolute atomic E-state index is 8.99. The van der Waals surface area contributed by atoms with Crippen LogP contribution in [0.3, 0.4) is 0 Å². The van der Waals surface area contributed by atoms with Gasteiger partial charge in [-0.05, 0) is 30.9 Å². The minimum Gasteiger partial charge on any atom is -0.384 e. The fraction of sp³-hybridized carbons (Fsp3) is 0.182. The van der Waals surface area contributed by atoms with Crippen molar-refractivity contribution in [2.45, 2.75) is 13.8 Å². The molecule has 0 saturated carbocycles. The molecule has 0 saturated heterocycles. The van der Waals surface area contributed by atoms with Crippen molar-refractivity contribution in [1.82, 2.24) is 4.57 Å². The lowest BCUT2D eigenvalue weighted by molar-refractivity contribution is 1.02. The molecule has 2 rings (SSSR count). The summed E-state index contributed by atoms with van der Waals surface area (Å²) in [7, 11) is 0. The maximum Gasteiger partial charge on any atom is 0.126 e. The second-order valence-electron chi connectivity index (χ2n) is 3.40. The number of nitrogens with two attached hydrogens (primary N) is 1. The first kappa shape index (κ1) is 9.81. The minimum absolute atomic E-state index is 0.533. The Morgan fingerprint density at radius 1 is 1.47 bits per heavy atom.